The van der Waals surface area contributed by atoms with Crippen LogP contribution >= 0.6 is 0 Å². The summed E-state index contributed by atoms with van der Waals surface area (Å²) in [5.74, 6) is 1.36. The van der Waals surface area contributed by atoms with Crippen LogP contribution in [0.1, 0.15) is 13.3 Å². The van der Waals surface area contributed by atoms with Crippen LogP contribution in [-0.2, 0) is 0 Å². The minimum atomic E-state index is 0.451. The van der Waals surface area contributed by atoms with Crippen molar-refractivity contribution in [3.63, 3.8) is 0 Å². The van der Waals surface area contributed by atoms with E-state index in [2.05, 4.69) is 23.1 Å². The zero-order valence-electron chi connectivity index (χ0n) is 7.01. The van der Waals surface area contributed by atoms with E-state index in [1.807, 2.05) is 18.5 Å². The Morgan fingerprint density at radius 3 is 3.33 bits per heavy atom. The molecule has 1 aromatic heterocycles. The summed E-state index contributed by atoms with van der Waals surface area (Å²) in [4.78, 5) is 4.31. The van der Waals surface area contributed by atoms with Gasteiger partial charge in [-0.05, 0) is 6.42 Å². The Morgan fingerprint density at radius 1 is 1.58 bits per heavy atom. The molecular weight excluding hydrogens is 150 g/mol. The highest BCUT2D eigenvalue weighted by atomic mass is 15.3. The van der Waals surface area contributed by atoms with E-state index in [0.717, 1.165) is 12.2 Å². The molecule has 0 saturated carbocycles. The molecule has 0 fully saturated rings. The van der Waals surface area contributed by atoms with Gasteiger partial charge in [0.05, 0.1) is 6.20 Å². The molecule has 1 aliphatic heterocycles. The van der Waals surface area contributed by atoms with Crippen LogP contribution in [-0.4, -0.2) is 16.0 Å². The highest BCUT2D eigenvalue weighted by molar-refractivity contribution is 5.69. The van der Waals surface area contributed by atoms with Gasteiger partial charge in [0.15, 0.2) is 5.82 Å². The van der Waals surface area contributed by atoms with Gasteiger partial charge in [-0.3, -0.25) is 0 Å². The maximum absolute atomic E-state index is 4.31. The number of allylic oxidation sites excluding steroid dienone is 1. The van der Waals surface area contributed by atoms with Crippen LogP contribution in [0.3, 0.4) is 0 Å². The maximum atomic E-state index is 4.31. The lowest BCUT2D eigenvalue weighted by Crippen LogP contribution is -1.93. The summed E-state index contributed by atoms with van der Waals surface area (Å²) >= 11 is 0. The normalized spacial score (nSPS) is 20.6. The summed E-state index contributed by atoms with van der Waals surface area (Å²) in [6, 6.07) is 1.90. The third-order valence-electron chi connectivity index (χ3n) is 1.99. The van der Waals surface area contributed by atoms with E-state index in [0.29, 0.717) is 5.92 Å². The van der Waals surface area contributed by atoms with Gasteiger partial charge in [0.25, 0.3) is 0 Å². The van der Waals surface area contributed by atoms with E-state index < -0.39 is 0 Å². The average Bonchev–Trinajstić information content (AvgIpc) is 2.46. The molecule has 1 aromatic rings. The molecule has 0 aromatic carbocycles. The van der Waals surface area contributed by atoms with Crippen molar-refractivity contribution in [3.8, 4) is 0 Å². The summed E-state index contributed by atoms with van der Waals surface area (Å²) in [6.45, 7) is 2.15. The molecule has 2 rings (SSSR count). The first-order valence-electron chi connectivity index (χ1n) is 4.16. The molecule has 0 N–H and O–H groups in total. The molecule has 0 saturated heterocycles. The van der Waals surface area contributed by atoms with Gasteiger partial charge in [-0.25, -0.2) is 9.67 Å². The molecule has 1 aliphatic rings. The highest BCUT2D eigenvalue weighted by Gasteiger charge is 2.04. The first-order chi connectivity index (χ1) is 5.90. The fraction of sp³-hybridized carbons (Fsp3) is 0.333. The fourth-order valence-corrected chi connectivity index (χ4v) is 1.18. The van der Waals surface area contributed by atoms with Gasteiger partial charge in [0, 0.05) is 24.4 Å². The molecule has 62 valence electrons. The van der Waals surface area contributed by atoms with Crippen molar-refractivity contribution < 1.29 is 0 Å². The van der Waals surface area contributed by atoms with Crippen molar-refractivity contribution in [3.05, 3.63) is 18.3 Å². The Morgan fingerprint density at radius 2 is 2.50 bits per heavy atom. The van der Waals surface area contributed by atoms with Crippen molar-refractivity contribution in [2.24, 2.45) is 10.9 Å². The number of aromatic nitrogens is 2. The first kappa shape index (κ1) is 7.28. The molecule has 1 atom stereocenters. The minimum Gasteiger partial charge on any atom is -0.241 e. The molecule has 12 heavy (non-hydrogen) atoms. The second-order valence-electron chi connectivity index (χ2n) is 2.83. The number of aliphatic imine (C=N–C) groups is 1. The quantitative estimate of drug-likeness (QED) is 0.620. The van der Waals surface area contributed by atoms with Gasteiger partial charge in [0.2, 0.25) is 0 Å². The van der Waals surface area contributed by atoms with Crippen molar-refractivity contribution in [1.82, 2.24) is 9.78 Å². The Hall–Kier alpha value is -1.38. The van der Waals surface area contributed by atoms with Gasteiger partial charge in [-0.15, -0.1) is 0 Å². The van der Waals surface area contributed by atoms with Crippen LogP contribution < -0.4 is 0 Å². The number of hydrogen-bond donors (Lipinski definition) is 0. The van der Waals surface area contributed by atoms with Gasteiger partial charge < -0.3 is 0 Å². The molecule has 0 bridgehead atoms. The van der Waals surface area contributed by atoms with Gasteiger partial charge in [-0.2, -0.15) is 5.10 Å². The third-order valence-corrected chi connectivity index (χ3v) is 1.99. The lowest BCUT2D eigenvalue weighted by atomic mass is 10.1. The van der Waals surface area contributed by atoms with Crippen LogP contribution in [0.4, 0.5) is 5.82 Å². The lowest BCUT2D eigenvalue weighted by molar-refractivity contribution is 0.833. The molecule has 3 nitrogen and oxygen atoms in total. The van der Waals surface area contributed by atoms with E-state index in [9.17, 15) is 0 Å². The molecule has 0 spiro atoms. The first-order valence-corrected chi connectivity index (χ1v) is 4.16. The van der Waals surface area contributed by atoms with E-state index >= 15 is 0 Å². The topological polar surface area (TPSA) is 30.2 Å². The van der Waals surface area contributed by atoms with Gasteiger partial charge >= 0.3 is 0 Å². The smallest absolute Gasteiger partial charge is 0.154 e. The number of rotatable bonds is 1. The molecule has 3 heteroatoms. The van der Waals surface area contributed by atoms with Gasteiger partial charge in [-0.1, -0.05) is 13.0 Å². The van der Waals surface area contributed by atoms with E-state index in [4.69, 9.17) is 0 Å². The summed E-state index contributed by atoms with van der Waals surface area (Å²) in [5.41, 5.74) is 0. The lowest BCUT2D eigenvalue weighted by Gasteiger charge is -1.96. The number of nitrogens with zero attached hydrogens (tertiary/aromatic N) is 3. The standard InChI is InChI=1S/C9H11N3/c1-2-8-4-6-12-9(10-7-8)3-5-11-12/h3-8H,2H2,1H3. The van der Waals surface area contributed by atoms with E-state index in [1.165, 1.54) is 0 Å². The average molecular weight is 161 g/mol. The largest absolute Gasteiger partial charge is 0.241 e. The fourth-order valence-electron chi connectivity index (χ4n) is 1.18. The highest BCUT2D eigenvalue weighted by Crippen LogP contribution is 2.16. The zero-order valence-corrected chi connectivity index (χ0v) is 7.01. The monoisotopic (exact) mass is 161 g/mol. The second kappa shape index (κ2) is 2.93. The van der Waals surface area contributed by atoms with Gasteiger partial charge in [0.1, 0.15) is 0 Å². The Kier molecular flexibility index (Phi) is 1.78. The SMILES string of the molecule is CCC1C=Cn2nccc2N=C1. The number of fused-ring (bicyclic) bond motifs is 1. The maximum Gasteiger partial charge on any atom is 0.154 e. The number of hydrogen-bond acceptors (Lipinski definition) is 2. The van der Waals surface area contributed by atoms with E-state index in [-0.39, 0.29) is 0 Å². The van der Waals surface area contributed by atoms with Crippen molar-refractivity contribution >= 4 is 18.2 Å². The van der Waals surface area contributed by atoms with Crippen LogP contribution in [0.15, 0.2) is 23.3 Å². The predicted octanol–water partition coefficient (Wildman–Crippen LogP) is 2.10. The van der Waals surface area contributed by atoms with Crippen molar-refractivity contribution in [2.45, 2.75) is 13.3 Å². The van der Waals surface area contributed by atoms with Crippen LogP contribution in [0, 0.1) is 5.92 Å². The predicted molar refractivity (Wildman–Crippen MR) is 49.5 cm³/mol. The third kappa shape index (κ3) is 1.18. The Balaban J connectivity index is 2.36. The van der Waals surface area contributed by atoms with Crippen LogP contribution in [0.2, 0.25) is 0 Å². The second-order valence-corrected chi connectivity index (χ2v) is 2.83. The van der Waals surface area contributed by atoms with Crippen molar-refractivity contribution in [1.29, 1.82) is 0 Å². The molecule has 0 radical (unpaired) electrons. The Labute approximate surface area is 71.4 Å². The molecule has 2 heterocycles. The molecule has 0 aliphatic carbocycles. The van der Waals surface area contributed by atoms with E-state index in [1.54, 1.807) is 10.9 Å². The van der Waals surface area contributed by atoms with Crippen LogP contribution in [0.25, 0.3) is 6.20 Å². The van der Waals surface area contributed by atoms with Crippen molar-refractivity contribution in [2.75, 3.05) is 0 Å². The summed E-state index contributed by atoms with van der Waals surface area (Å²) in [6.07, 6.45) is 8.90. The van der Waals surface area contributed by atoms with Crippen LogP contribution in [0.5, 0.6) is 0 Å². The zero-order chi connectivity index (χ0) is 8.39. The summed E-state index contributed by atoms with van der Waals surface area (Å²) in [7, 11) is 0. The summed E-state index contributed by atoms with van der Waals surface area (Å²) < 4.78 is 1.78. The Bertz CT molecular complexity index is 294. The summed E-state index contributed by atoms with van der Waals surface area (Å²) in [5, 5.41) is 4.10. The molecule has 0 amide bonds. The molecular formula is C9H11N3. The minimum absolute atomic E-state index is 0.451. The molecule has 1 unspecified atom stereocenters.